The van der Waals surface area contributed by atoms with E-state index in [1.54, 1.807) is 7.11 Å². The van der Waals surface area contributed by atoms with Gasteiger partial charge in [0.1, 0.15) is 0 Å². The van der Waals surface area contributed by atoms with Crippen LogP contribution in [0.3, 0.4) is 0 Å². The molecule has 2 fully saturated rings. The fraction of sp³-hybridized carbons (Fsp3) is 0.765. The summed E-state index contributed by atoms with van der Waals surface area (Å²) < 4.78 is 16.6. The first kappa shape index (κ1) is 16.2. The van der Waals surface area contributed by atoms with Gasteiger partial charge in [-0.25, -0.2) is 9.97 Å². The lowest BCUT2D eigenvalue weighted by Gasteiger charge is -2.35. The average Bonchev–Trinajstić information content (AvgIpc) is 3.04. The van der Waals surface area contributed by atoms with Crippen LogP contribution in [0.15, 0.2) is 6.20 Å². The van der Waals surface area contributed by atoms with Crippen LogP contribution in [0.25, 0.3) is 0 Å². The standard InChI is InChI=1S/C17H26N4O3/c1-22-7-4-20-3-2-17(12-20)13-24-11-14-10-18-16(19-15(14)17)21-5-8-23-9-6-21/h10H,2-9,11-13H2,1H3. The van der Waals surface area contributed by atoms with Gasteiger partial charge in [0.2, 0.25) is 5.95 Å². The first-order valence-electron chi connectivity index (χ1n) is 8.79. The molecule has 1 unspecified atom stereocenters. The van der Waals surface area contributed by atoms with Gasteiger partial charge in [-0.2, -0.15) is 0 Å². The van der Waals surface area contributed by atoms with Gasteiger partial charge in [0.15, 0.2) is 0 Å². The summed E-state index contributed by atoms with van der Waals surface area (Å²) in [5, 5.41) is 0. The minimum Gasteiger partial charge on any atom is -0.383 e. The van der Waals surface area contributed by atoms with E-state index in [1.807, 2.05) is 6.20 Å². The van der Waals surface area contributed by atoms with E-state index < -0.39 is 0 Å². The summed E-state index contributed by atoms with van der Waals surface area (Å²) in [6.07, 6.45) is 3.05. The summed E-state index contributed by atoms with van der Waals surface area (Å²) in [6.45, 7) is 8.40. The Morgan fingerprint density at radius 3 is 2.96 bits per heavy atom. The lowest BCUT2D eigenvalue weighted by molar-refractivity contribution is 0.0491. The maximum absolute atomic E-state index is 5.90. The van der Waals surface area contributed by atoms with Crippen molar-refractivity contribution in [3.05, 3.63) is 17.5 Å². The van der Waals surface area contributed by atoms with Gasteiger partial charge in [-0.1, -0.05) is 0 Å². The SMILES string of the molecule is COCCN1CCC2(COCc3cnc(N4CCOCC4)nc32)C1. The van der Waals surface area contributed by atoms with Gasteiger partial charge in [-0.15, -0.1) is 0 Å². The zero-order valence-corrected chi connectivity index (χ0v) is 14.4. The summed E-state index contributed by atoms with van der Waals surface area (Å²) in [5.41, 5.74) is 2.35. The highest BCUT2D eigenvalue weighted by molar-refractivity contribution is 5.38. The van der Waals surface area contributed by atoms with Crippen molar-refractivity contribution in [2.24, 2.45) is 0 Å². The fourth-order valence-electron chi connectivity index (χ4n) is 3.98. The van der Waals surface area contributed by atoms with Gasteiger partial charge in [0, 0.05) is 45.0 Å². The van der Waals surface area contributed by atoms with E-state index in [2.05, 4.69) is 14.8 Å². The molecule has 4 heterocycles. The maximum atomic E-state index is 5.90. The number of hydrogen-bond donors (Lipinski definition) is 0. The van der Waals surface area contributed by atoms with Crippen molar-refractivity contribution in [2.45, 2.75) is 18.4 Å². The molecule has 1 aromatic rings. The number of ether oxygens (including phenoxy) is 3. The van der Waals surface area contributed by atoms with E-state index in [0.29, 0.717) is 6.61 Å². The van der Waals surface area contributed by atoms with E-state index in [9.17, 15) is 0 Å². The Labute approximate surface area is 142 Å². The minimum atomic E-state index is 0.00526. The molecule has 132 valence electrons. The smallest absolute Gasteiger partial charge is 0.225 e. The molecule has 3 aliphatic rings. The number of morpholine rings is 1. The average molecular weight is 334 g/mol. The van der Waals surface area contributed by atoms with Crippen molar-refractivity contribution in [1.29, 1.82) is 0 Å². The molecule has 4 rings (SSSR count). The predicted octanol–water partition coefficient (Wildman–Crippen LogP) is 0.433. The summed E-state index contributed by atoms with van der Waals surface area (Å²) in [4.78, 5) is 14.3. The molecule has 0 amide bonds. The van der Waals surface area contributed by atoms with Crippen molar-refractivity contribution >= 4 is 5.95 Å². The molecule has 0 saturated carbocycles. The number of nitrogens with zero attached hydrogens (tertiary/aromatic N) is 4. The number of anilines is 1. The Morgan fingerprint density at radius 1 is 1.25 bits per heavy atom. The zero-order valence-electron chi connectivity index (χ0n) is 14.4. The Morgan fingerprint density at radius 2 is 2.12 bits per heavy atom. The van der Waals surface area contributed by atoms with Gasteiger partial charge in [0.05, 0.1) is 44.1 Å². The van der Waals surface area contributed by atoms with Crippen molar-refractivity contribution in [3.63, 3.8) is 0 Å². The maximum Gasteiger partial charge on any atom is 0.225 e. The molecular formula is C17H26N4O3. The third kappa shape index (κ3) is 3.01. The summed E-state index contributed by atoms with van der Waals surface area (Å²) in [6, 6.07) is 0. The molecule has 0 radical (unpaired) electrons. The van der Waals surface area contributed by atoms with E-state index in [0.717, 1.165) is 77.1 Å². The fourth-order valence-corrected chi connectivity index (χ4v) is 3.98. The molecule has 3 aliphatic heterocycles. The minimum absolute atomic E-state index is 0.00526. The predicted molar refractivity (Wildman–Crippen MR) is 89.3 cm³/mol. The Bertz CT molecular complexity index is 579. The highest BCUT2D eigenvalue weighted by Crippen LogP contribution is 2.39. The van der Waals surface area contributed by atoms with Crippen molar-refractivity contribution in [3.8, 4) is 0 Å². The van der Waals surface area contributed by atoms with Crippen molar-refractivity contribution in [1.82, 2.24) is 14.9 Å². The first-order chi connectivity index (χ1) is 11.8. The number of hydrogen-bond acceptors (Lipinski definition) is 7. The Balaban J connectivity index is 1.59. The summed E-state index contributed by atoms with van der Waals surface area (Å²) in [5.74, 6) is 0.841. The van der Waals surface area contributed by atoms with Crippen LogP contribution in [0, 0.1) is 0 Å². The molecule has 0 N–H and O–H groups in total. The molecule has 1 aromatic heterocycles. The number of fused-ring (bicyclic) bond motifs is 2. The zero-order chi connectivity index (χ0) is 16.4. The Hall–Kier alpha value is -1.28. The van der Waals surface area contributed by atoms with Gasteiger partial charge in [-0.05, 0) is 13.0 Å². The number of methoxy groups -OCH3 is 1. The van der Waals surface area contributed by atoms with Gasteiger partial charge >= 0.3 is 0 Å². The van der Waals surface area contributed by atoms with Crippen LogP contribution >= 0.6 is 0 Å². The quantitative estimate of drug-likeness (QED) is 0.791. The third-order valence-corrected chi connectivity index (χ3v) is 5.33. The largest absolute Gasteiger partial charge is 0.383 e. The van der Waals surface area contributed by atoms with Gasteiger partial charge in [0.25, 0.3) is 0 Å². The number of likely N-dealkylation sites (tertiary alicyclic amines) is 1. The molecule has 0 bridgehead atoms. The summed E-state index contributed by atoms with van der Waals surface area (Å²) >= 11 is 0. The second-order valence-electron chi connectivity index (χ2n) is 6.94. The number of aromatic nitrogens is 2. The molecule has 7 nitrogen and oxygen atoms in total. The molecule has 0 aromatic carbocycles. The van der Waals surface area contributed by atoms with Crippen LogP contribution in [0.1, 0.15) is 17.7 Å². The molecule has 2 saturated heterocycles. The molecule has 0 aliphatic carbocycles. The highest BCUT2D eigenvalue weighted by Gasteiger charge is 2.45. The lowest BCUT2D eigenvalue weighted by atomic mass is 9.80. The first-order valence-corrected chi connectivity index (χ1v) is 8.79. The second-order valence-corrected chi connectivity index (χ2v) is 6.94. The van der Waals surface area contributed by atoms with Crippen LogP contribution in [-0.2, 0) is 26.2 Å². The van der Waals surface area contributed by atoms with E-state index in [-0.39, 0.29) is 5.41 Å². The lowest BCUT2D eigenvalue weighted by Crippen LogP contribution is -2.42. The monoisotopic (exact) mass is 334 g/mol. The van der Waals surface area contributed by atoms with Crippen LogP contribution in [0.5, 0.6) is 0 Å². The summed E-state index contributed by atoms with van der Waals surface area (Å²) in [7, 11) is 1.76. The molecule has 24 heavy (non-hydrogen) atoms. The number of rotatable bonds is 4. The van der Waals surface area contributed by atoms with Crippen LogP contribution in [0.2, 0.25) is 0 Å². The molecule has 1 spiro atoms. The van der Waals surface area contributed by atoms with E-state index in [4.69, 9.17) is 19.2 Å². The van der Waals surface area contributed by atoms with Crippen LogP contribution in [0.4, 0.5) is 5.95 Å². The van der Waals surface area contributed by atoms with Crippen molar-refractivity contribution in [2.75, 3.05) is 71.2 Å². The van der Waals surface area contributed by atoms with Crippen LogP contribution in [-0.4, -0.2) is 81.1 Å². The van der Waals surface area contributed by atoms with Crippen LogP contribution < -0.4 is 4.90 Å². The van der Waals surface area contributed by atoms with E-state index in [1.165, 1.54) is 5.69 Å². The topological polar surface area (TPSA) is 60.0 Å². The van der Waals surface area contributed by atoms with Gasteiger partial charge < -0.3 is 19.1 Å². The second kappa shape index (κ2) is 6.92. The van der Waals surface area contributed by atoms with E-state index >= 15 is 0 Å². The van der Waals surface area contributed by atoms with Crippen molar-refractivity contribution < 1.29 is 14.2 Å². The molecule has 7 heteroatoms. The Kier molecular flexibility index (Phi) is 4.67. The molecular weight excluding hydrogens is 308 g/mol. The van der Waals surface area contributed by atoms with Gasteiger partial charge in [-0.3, -0.25) is 4.90 Å². The highest BCUT2D eigenvalue weighted by atomic mass is 16.5. The molecule has 1 atom stereocenters. The third-order valence-electron chi connectivity index (χ3n) is 5.33. The normalized spacial score (nSPS) is 27.6.